The first-order chi connectivity index (χ1) is 17.8. The molecule has 196 valence electrons. The lowest BCUT2D eigenvalue weighted by Crippen LogP contribution is -2.33. The fourth-order valence-electron chi connectivity index (χ4n) is 4.60. The largest absolute Gasteiger partial charge is 0.494 e. The molecule has 2 aromatic rings. The molecule has 1 saturated heterocycles. The molecule has 2 aliphatic rings. The lowest BCUT2D eigenvalue weighted by molar-refractivity contribution is -0.119. The molecule has 0 radical (unpaired) electrons. The molecule has 8 nitrogen and oxygen atoms in total. The number of aryl methyl sites for hydroxylation is 1. The second kappa shape index (κ2) is 12.1. The number of hydrogen-bond acceptors (Lipinski definition) is 6. The average molecular weight is 506 g/mol. The predicted molar refractivity (Wildman–Crippen MR) is 143 cm³/mol. The van der Waals surface area contributed by atoms with Crippen molar-refractivity contribution >= 4 is 29.5 Å². The van der Waals surface area contributed by atoms with Crippen LogP contribution in [0.25, 0.3) is 6.08 Å². The van der Waals surface area contributed by atoms with Gasteiger partial charge in [-0.05, 0) is 87.3 Å². The normalized spacial score (nSPS) is 18.5. The van der Waals surface area contributed by atoms with Gasteiger partial charge in [-0.15, -0.1) is 0 Å². The number of ketones is 1. The van der Waals surface area contributed by atoms with Gasteiger partial charge in [0.2, 0.25) is 5.91 Å². The number of carbonyl (C=O) groups excluding carboxylic acids is 3. The van der Waals surface area contributed by atoms with Crippen molar-refractivity contribution < 1.29 is 23.9 Å². The van der Waals surface area contributed by atoms with Crippen molar-refractivity contribution in [2.75, 3.05) is 45.2 Å². The van der Waals surface area contributed by atoms with Crippen LogP contribution in [0.3, 0.4) is 0 Å². The molecule has 1 aliphatic carbocycles. The molecule has 0 spiro atoms. The van der Waals surface area contributed by atoms with Crippen LogP contribution in [0.4, 0.5) is 10.5 Å². The number of anilines is 1. The summed E-state index contributed by atoms with van der Waals surface area (Å²) >= 11 is 0. The Morgan fingerprint density at radius 1 is 1.16 bits per heavy atom. The average Bonchev–Trinajstić information content (AvgIpc) is 3.18. The molecule has 2 amide bonds. The van der Waals surface area contributed by atoms with Crippen LogP contribution in [0.5, 0.6) is 5.75 Å². The summed E-state index contributed by atoms with van der Waals surface area (Å²) in [6, 6.07) is 13.4. The van der Waals surface area contributed by atoms with Gasteiger partial charge in [0.15, 0.2) is 5.78 Å². The molecule has 1 aliphatic heterocycles. The van der Waals surface area contributed by atoms with E-state index in [9.17, 15) is 14.4 Å². The first-order valence-corrected chi connectivity index (χ1v) is 12.8. The highest BCUT2D eigenvalue weighted by Gasteiger charge is 2.33. The Bertz CT molecular complexity index is 1170. The van der Waals surface area contributed by atoms with Gasteiger partial charge in [0.05, 0.1) is 19.7 Å². The van der Waals surface area contributed by atoms with E-state index >= 15 is 0 Å². The molecule has 1 fully saturated rings. The number of allylic oxidation sites excluding steroid dienone is 1. The number of rotatable bonds is 9. The van der Waals surface area contributed by atoms with Crippen LogP contribution >= 0.6 is 0 Å². The summed E-state index contributed by atoms with van der Waals surface area (Å²) in [4.78, 5) is 40.7. The Labute approximate surface area is 218 Å². The highest BCUT2D eigenvalue weighted by molar-refractivity contribution is 6.12. The zero-order valence-corrected chi connectivity index (χ0v) is 21.8. The zero-order valence-electron chi connectivity index (χ0n) is 21.8. The van der Waals surface area contributed by atoms with Gasteiger partial charge in [-0.2, -0.15) is 0 Å². The van der Waals surface area contributed by atoms with Gasteiger partial charge in [-0.1, -0.05) is 12.1 Å². The fourth-order valence-corrected chi connectivity index (χ4v) is 4.60. The molecule has 2 aromatic carbocycles. The third-order valence-electron chi connectivity index (χ3n) is 6.52. The number of ether oxygens (including phenoxy) is 2. The third-order valence-corrected chi connectivity index (χ3v) is 6.52. The van der Waals surface area contributed by atoms with Crippen LogP contribution in [-0.4, -0.2) is 69.1 Å². The van der Waals surface area contributed by atoms with Crippen LogP contribution in [0, 0.1) is 0 Å². The van der Waals surface area contributed by atoms with Gasteiger partial charge in [0, 0.05) is 30.3 Å². The third kappa shape index (κ3) is 6.98. The van der Waals surface area contributed by atoms with Crippen LogP contribution < -0.4 is 15.0 Å². The second-order valence-electron chi connectivity index (χ2n) is 9.82. The SMILES string of the molecule is CC(=O)NC[C@H]1CN(c2ccc3c(c2)CCC/C(=C/c2ccc(OCCCN(C)C)cc2)C3=O)C(=O)O1. The maximum Gasteiger partial charge on any atom is 0.414 e. The summed E-state index contributed by atoms with van der Waals surface area (Å²) < 4.78 is 11.2. The van der Waals surface area contributed by atoms with E-state index in [2.05, 4.69) is 10.2 Å². The zero-order chi connectivity index (χ0) is 26.4. The monoisotopic (exact) mass is 505 g/mol. The molecule has 0 saturated carbocycles. The number of cyclic esters (lactones) is 1. The minimum absolute atomic E-state index is 0.0237. The van der Waals surface area contributed by atoms with Crippen LogP contribution in [0.15, 0.2) is 48.0 Å². The van der Waals surface area contributed by atoms with Crippen molar-refractivity contribution in [2.45, 2.75) is 38.7 Å². The lowest BCUT2D eigenvalue weighted by atomic mass is 9.97. The molecule has 0 aromatic heterocycles. The number of carbonyl (C=O) groups is 3. The molecule has 0 bridgehead atoms. The predicted octanol–water partition coefficient (Wildman–Crippen LogP) is 4.08. The van der Waals surface area contributed by atoms with Gasteiger partial charge >= 0.3 is 6.09 Å². The van der Waals surface area contributed by atoms with E-state index < -0.39 is 12.2 Å². The summed E-state index contributed by atoms with van der Waals surface area (Å²) in [5, 5.41) is 2.68. The Morgan fingerprint density at radius 2 is 1.95 bits per heavy atom. The van der Waals surface area contributed by atoms with E-state index in [0.717, 1.165) is 48.3 Å². The Morgan fingerprint density at radius 3 is 2.68 bits per heavy atom. The maximum atomic E-state index is 13.4. The molecular formula is C29H35N3O5. The van der Waals surface area contributed by atoms with E-state index in [1.54, 1.807) is 11.0 Å². The topological polar surface area (TPSA) is 88.2 Å². The summed E-state index contributed by atoms with van der Waals surface area (Å²) in [5.74, 6) is 0.683. The first-order valence-electron chi connectivity index (χ1n) is 12.8. The molecule has 1 atom stereocenters. The number of fused-ring (bicyclic) bond motifs is 1. The van der Waals surface area contributed by atoms with E-state index in [1.807, 2.05) is 56.6 Å². The number of Topliss-reactive ketones (excluding diaryl/α,β-unsaturated/α-hetero) is 1. The summed E-state index contributed by atoms with van der Waals surface area (Å²) in [6.45, 7) is 3.71. The summed E-state index contributed by atoms with van der Waals surface area (Å²) in [6.07, 6.45) is 4.37. The summed E-state index contributed by atoms with van der Waals surface area (Å²) in [7, 11) is 4.09. The lowest BCUT2D eigenvalue weighted by Gasteiger charge is -2.16. The van der Waals surface area contributed by atoms with Crippen molar-refractivity contribution in [3.8, 4) is 5.75 Å². The fraction of sp³-hybridized carbons (Fsp3) is 0.414. The van der Waals surface area contributed by atoms with E-state index in [-0.39, 0.29) is 18.2 Å². The first kappa shape index (κ1) is 26.4. The quantitative estimate of drug-likeness (QED) is 0.314. The Hall–Kier alpha value is -3.65. The van der Waals surface area contributed by atoms with Gasteiger partial charge in [0.1, 0.15) is 11.9 Å². The van der Waals surface area contributed by atoms with E-state index in [0.29, 0.717) is 30.8 Å². The van der Waals surface area contributed by atoms with Crippen molar-refractivity contribution in [2.24, 2.45) is 0 Å². The molecule has 1 N–H and O–H groups in total. The smallest absolute Gasteiger partial charge is 0.414 e. The van der Waals surface area contributed by atoms with Gasteiger partial charge in [-0.25, -0.2) is 4.79 Å². The van der Waals surface area contributed by atoms with Crippen molar-refractivity contribution in [3.05, 3.63) is 64.7 Å². The van der Waals surface area contributed by atoms with Crippen molar-refractivity contribution in [3.63, 3.8) is 0 Å². The van der Waals surface area contributed by atoms with Crippen LogP contribution in [0.2, 0.25) is 0 Å². The van der Waals surface area contributed by atoms with Gasteiger partial charge in [0.25, 0.3) is 0 Å². The number of hydrogen-bond donors (Lipinski definition) is 1. The molecular weight excluding hydrogens is 470 g/mol. The molecule has 4 rings (SSSR count). The van der Waals surface area contributed by atoms with Crippen molar-refractivity contribution in [1.29, 1.82) is 0 Å². The second-order valence-corrected chi connectivity index (χ2v) is 9.82. The van der Waals surface area contributed by atoms with Crippen molar-refractivity contribution in [1.82, 2.24) is 10.2 Å². The number of amides is 2. The minimum atomic E-state index is -0.444. The van der Waals surface area contributed by atoms with Crippen LogP contribution in [-0.2, 0) is 16.0 Å². The van der Waals surface area contributed by atoms with Crippen LogP contribution in [0.1, 0.15) is 47.7 Å². The van der Waals surface area contributed by atoms with E-state index in [4.69, 9.17) is 9.47 Å². The number of nitrogens with one attached hydrogen (secondary N) is 1. The number of benzene rings is 2. The molecule has 0 unspecified atom stereocenters. The van der Waals surface area contributed by atoms with Gasteiger partial charge < -0.3 is 19.7 Å². The Kier molecular flexibility index (Phi) is 8.61. The molecule has 37 heavy (non-hydrogen) atoms. The summed E-state index contributed by atoms with van der Waals surface area (Å²) in [5.41, 5.74) is 4.06. The molecule has 1 heterocycles. The highest BCUT2D eigenvalue weighted by atomic mass is 16.6. The highest BCUT2D eigenvalue weighted by Crippen LogP contribution is 2.31. The standard InChI is InChI=1S/C29H35N3O5/c1-20(33)30-18-26-19-32(29(35)37-26)24-10-13-27-22(17-24)6-4-7-23(28(27)34)16-21-8-11-25(12-9-21)36-15-5-14-31(2)3/h8-13,16-17,26H,4-7,14-15,18-19H2,1-3H3,(H,30,33)/b23-16-/t26-/m0/s1. The Balaban J connectivity index is 1.43. The maximum absolute atomic E-state index is 13.4. The van der Waals surface area contributed by atoms with E-state index in [1.165, 1.54) is 6.92 Å². The minimum Gasteiger partial charge on any atom is -0.494 e. The number of nitrogens with zero attached hydrogens (tertiary/aromatic N) is 2. The van der Waals surface area contributed by atoms with Gasteiger partial charge in [-0.3, -0.25) is 14.5 Å². The molecule has 8 heteroatoms.